The smallest absolute Gasteiger partial charge is 0.407 e. The number of carboxylic acids is 1. The van der Waals surface area contributed by atoms with Crippen molar-refractivity contribution in [2.75, 3.05) is 32.8 Å². The monoisotopic (exact) mass is 464 g/mol. The molecule has 178 valence electrons. The van der Waals surface area contributed by atoms with Gasteiger partial charge in [0, 0.05) is 25.6 Å². The maximum absolute atomic E-state index is 12.6. The summed E-state index contributed by atoms with van der Waals surface area (Å²) in [6.45, 7) is 2.86. The second-order valence-electron chi connectivity index (χ2n) is 9.65. The van der Waals surface area contributed by atoms with E-state index in [9.17, 15) is 19.5 Å². The van der Waals surface area contributed by atoms with Crippen LogP contribution < -0.4 is 5.32 Å². The van der Waals surface area contributed by atoms with E-state index < -0.39 is 17.5 Å². The van der Waals surface area contributed by atoms with E-state index in [1.165, 1.54) is 11.1 Å². The maximum Gasteiger partial charge on any atom is 0.407 e. The van der Waals surface area contributed by atoms with Crippen LogP contribution in [0.3, 0.4) is 0 Å². The van der Waals surface area contributed by atoms with Gasteiger partial charge in [0.15, 0.2) is 0 Å². The highest BCUT2D eigenvalue weighted by molar-refractivity contribution is 5.85. The molecule has 2 atom stereocenters. The first-order valence-electron chi connectivity index (χ1n) is 11.6. The molecule has 0 radical (unpaired) electrons. The van der Waals surface area contributed by atoms with Crippen LogP contribution in [0, 0.1) is 11.3 Å². The van der Waals surface area contributed by atoms with Crippen molar-refractivity contribution >= 4 is 18.0 Å². The zero-order valence-corrected chi connectivity index (χ0v) is 19.0. The molecule has 2 aromatic rings. The first-order chi connectivity index (χ1) is 16.4. The second-order valence-corrected chi connectivity index (χ2v) is 9.65. The highest BCUT2D eigenvalue weighted by Crippen LogP contribution is 2.44. The van der Waals surface area contributed by atoms with Crippen molar-refractivity contribution in [1.82, 2.24) is 10.2 Å². The molecule has 2 fully saturated rings. The Morgan fingerprint density at radius 1 is 1.09 bits per heavy atom. The van der Waals surface area contributed by atoms with Crippen LogP contribution in [0.2, 0.25) is 0 Å². The van der Waals surface area contributed by atoms with Crippen molar-refractivity contribution < 1.29 is 29.0 Å². The fraction of sp³-hybridized carbons (Fsp3) is 0.423. The lowest BCUT2D eigenvalue weighted by Gasteiger charge is -2.45. The third-order valence-corrected chi connectivity index (χ3v) is 7.16. The van der Waals surface area contributed by atoms with Crippen LogP contribution in [-0.2, 0) is 19.1 Å². The van der Waals surface area contributed by atoms with Gasteiger partial charge in [0.2, 0.25) is 5.91 Å². The Balaban J connectivity index is 1.09. The molecule has 5 rings (SSSR count). The lowest BCUT2D eigenvalue weighted by molar-refractivity contribution is -0.165. The van der Waals surface area contributed by atoms with Crippen molar-refractivity contribution in [2.45, 2.75) is 25.4 Å². The number of ether oxygens (including phenoxy) is 2. The van der Waals surface area contributed by atoms with Gasteiger partial charge in [0.25, 0.3) is 0 Å². The highest BCUT2D eigenvalue weighted by atomic mass is 16.5. The van der Waals surface area contributed by atoms with Crippen LogP contribution in [-0.4, -0.2) is 66.9 Å². The highest BCUT2D eigenvalue weighted by Gasteiger charge is 2.49. The summed E-state index contributed by atoms with van der Waals surface area (Å²) in [6.07, 6.45) is -0.301. The maximum atomic E-state index is 12.6. The number of amides is 2. The van der Waals surface area contributed by atoms with E-state index in [0.717, 1.165) is 11.1 Å². The number of carbonyl (C=O) groups is 3. The average Bonchev–Trinajstić information content (AvgIpc) is 3.42. The van der Waals surface area contributed by atoms with E-state index in [1.54, 1.807) is 11.8 Å². The molecule has 2 amide bonds. The zero-order chi connectivity index (χ0) is 23.9. The second kappa shape index (κ2) is 8.76. The molecule has 0 bridgehead atoms. The quantitative estimate of drug-likeness (QED) is 0.681. The van der Waals surface area contributed by atoms with Crippen LogP contribution in [0.1, 0.15) is 30.4 Å². The Bertz CT molecular complexity index is 1080. The standard InChI is InChI=1S/C26H28N2O6/c1-26(24(30)31)14-28(15-26)23(29)16-10-17(33-12-16)11-27-25(32)34-13-22-20-8-4-2-6-18(20)19-7-3-5-9-21(19)22/h2-9,16-17,22H,10-15H2,1H3,(H,27,32)(H,30,31). The molecule has 1 aliphatic carbocycles. The molecule has 8 heteroatoms. The van der Waals surface area contributed by atoms with Gasteiger partial charge in [-0.05, 0) is 35.6 Å². The van der Waals surface area contributed by atoms with Gasteiger partial charge in [0.1, 0.15) is 6.61 Å². The van der Waals surface area contributed by atoms with Gasteiger partial charge in [-0.25, -0.2) is 4.79 Å². The number of hydrogen-bond acceptors (Lipinski definition) is 5. The number of carbonyl (C=O) groups excluding carboxylic acids is 2. The molecule has 0 spiro atoms. The molecule has 3 aliphatic rings. The Hall–Kier alpha value is -3.39. The normalized spacial score (nSPS) is 22.4. The van der Waals surface area contributed by atoms with Crippen molar-refractivity contribution in [3.8, 4) is 11.1 Å². The molecular formula is C26H28N2O6. The van der Waals surface area contributed by atoms with Crippen LogP contribution >= 0.6 is 0 Å². The van der Waals surface area contributed by atoms with Crippen LogP contribution in [0.4, 0.5) is 4.79 Å². The van der Waals surface area contributed by atoms with E-state index in [1.807, 2.05) is 24.3 Å². The third-order valence-electron chi connectivity index (χ3n) is 7.16. The zero-order valence-electron chi connectivity index (χ0n) is 19.0. The van der Waals surface area contributed by atoms with Gasteiger partial charge in [-0.15, -0.1) is 0 Å². The van der Waals surface area contributed by atoms with Gasteiger partial charge < -0.3 is 24.8 Å². The van der Waals surface area contributed by atoms with Crippen LogP contribution in [0.5, 0.6) is 0 Å². The summed E-state index contributed by atoms with van der Waals surface area (Å²) in [7, 11) is 0. The van der Waals surface area contributed by atoms with Gasteiger partial charge in [0.05, 0.1) is 24.0 Å². The SMILES string of the molecule is CC1(C(=O)O)CN(C(=O)C2COC(CNC(=O)OCC3c4ccccc4-c4ccccc43)C2)C1. The molecule has 0 aromatic heterocycles. The molecule has 2 heterocycles. The lowest BCUT2D eigenvalue weighted by Crippen LogP contribution is -2.61. The van der Waals surface area contributed by atoms with E-state index in [0.29, 0.717) is 6.42 Å². The number of benzene rings is 2. The molecule has 2 saturated heterocycles. The average molecular weight is 465 g/mol. The van der Waals surface area contributed by atoms with E-state index in [4.69, 9.17) is 9.47 Å². The van der Waals surface area contributed by atoms with Crippen molar-refractivity contribution in [1.29, 1.82) is 0 Å². The fourth-order valence-electron chi connectivity index (χ4n) is 5.21. The summed E-state index contributed by atoms with van der Waals surface area (Å²) < 4.78 is 11.2. The summed E-state index contributed by atoms with van der Waals surface area (Å²) in [5.41, 5.74) is 3.80. The number of hydrogen-bond donors (Lipinski definition) is 2. The Labute approximate surface area is 197 Å². The summed E-state index contributed by atoms with van der Waals surface area (Å²) in [5.74, 6) is -1.28. The summed E-state index contributed by atoms with van der Waals surface area (Å²) in [4.78, 5) is 37.8. The van der Waals surface area contributed by atoms with Crippen molar-refractivity contribution in [3.63, 3.8) is 0 Å². The molecule has 34 heavy (non-hydrogen) atoms. The minimum atomic E-state index is -0.885. The Morgan fingerprint density at radius 2 is 1.71 bits per heavy atom. The predicted molar refractivity (Wildman–Crippen MR) is 123 cm³/mol. The van der Waals surface area contributed by atoms with Crippen LogP contribution in [0.15, 0.2) is 48.5 Å². The Morgan fingerprint density at radius 3 is 2.32 bits per heavy atom. The number of aliphatic carboxylic acids is 1. The van der Waals surface area contributed by atoms with Gasteiger partial charge in [-0.3, -0.25) is 9.59 Å². The molecule has 2 N–H and O–H groups in total. The van der Waals surface area contributed by atoms with Gasteiger partial charge in [-0.1, -0.05) is 48.5 Å². The van der Waals surface area contributed by atoms with Crippen molar-refractivity contribution in [2.24, 2.45) is 11.3 Å². The van der Waals surface area contributed by atoms with E-state index in [-0.39, 0.29) is 56.7 Å². The lowest BCUT2D eigenvalue weighted by atomic mass is 9.81. The number of alkyl carbamates (subject to hydrolysis) is 1. The minimum absolute atomic E-state index is 0.00380. The first-order valence-corrected chi connectivity index (χ1v) is 11.6. The van der Waals surface area contributed by atoms with E-state index >= 15 is 0 Å². The van der Waals surface area contributed by atoms with Crippen LogP contribution in [0.25, 0.3) is 11.1 Å². The Kier molecular flexibility index (Phi) is 5.77. The number of rotatable bonds is 6. The third kappa shape index (κ3) is 4.03. The molecular weight excluding hydrogens is 436 g/mol. The number of nitrogens with zero attached hydrogens (tertiary/aromatic N) is 1. The molecule has 0 saturated carbocycles. The predicted octanol–water partition coefficient (Wildman–Crippen LogP) is 2.86. The largest absolute Gasteiger partial charge is 0.481 e. The molecule has 2 aliphatic heterocycles. The topological polar surface area (TPSA) is 105 Å². The fourth-order valence-corrected chi connectivity index (χ4v) is 5.21. The van der Waals surface area contributed by atoms with Crippen molar-refractivity contribution in [3.05, 3.63) is 59.7 Å². The number of carboxylic acid groups (broad SMARTS) is 1. The number of fused-ring (bicyclic) bond motifs is 3. The van der Waals surface area contributed by atoms with E-state index in [2.05, 4.69) is 29.6 Å². The summed E-state index contributed by atoms with van der Waals surface area (Å²) in [6, 6.07) is 16.3. The minimum Gasteiger partial charge on any atom is -0.481 e. The van der Waals surface area contributed by atoms with Gasteiger partial charge >= 0.3 is 12.1 Å². The summed E-state index contributed by atoms with van der Waals surface area (Å²) in [5, 5.41) is 12.0. The number of likely N-dealkylation sites (tertiary alicyclic amines) is 1. The van der Waals surface area contributed by atoms with Gasteiger partial charge in [-0.2, -0.15) is 0 Å². The molecule has 8 nitrogen and oxygen atoms in total. The molecule has 2 aromatic carbocycles. The summed E-state index contributed by atoms with van der Waals surface area (Å²) >= 11 is 0. The number of nitrogens with one attached hydrogen (secondary N) is 1. The molecule has 2 unspecified atom stereocenters. The first kappa shape index (κ1) is 22.4.